The third kappa shape index (κ3) is 20.7. The Morgan fingerprint density at radius 1 is 0.559 bits per heavy atom. The Balaban J connectivity index is 4.37. The topological polar surface area (TPSA) is 44.8 Å². The van der Waals surface area contributed by atoms with E-state index in [0.717, 1.165) is 26.1 Å². The van der Waals surface area contributed by atoms with E-state index in [1.807, 2.05) is 0 Å². The zero-order chi connectivity index (χ0) is 25.3. The van der Waals surface area contributed by atoms with Crippen LogP contribution in [0.4, 0.5) is 0 Å². The van der Waals surface area contributed by atoms with E-state index in [1.165, 1.54) is 89.9 Å². The molecule has 0 aromatic heterocycles. The SMILES string of the molecule is CCCCCCCCCCOC(=O)CCC(OCC(CCC)CCC)OCC(CCC)CCC. The minimum atomic E-state index is -0.303. The first-order valence-corrected chi connectivity index (χ1v) is 15.0. The van der Waals surface area contributed by atoms with Crippen molar-refractivity contribution in [3.63, 3.8) is 0 Å². The monoisotopic (exact) mass is 484 g/mol. The number of unbranched alkanes of at least 4 members (excludes halogenated alkanes) is 7. The molecule has 0 unspecified atom stereocenters. The molecule has 0 aliphatic heterocycles. The second-order valence-corrected chi connectivity index (χ2v) is 10.2. The van der Waals surface area contributed by atoms with Gasteiger partial charge in [0.05, 0.1) is 26.2 Å². The highest BCUT2D eigenvalue weighted by molar-refractivity contribution is 5.69. The number of rotatable bonds is 26. The van der Waals surface area contributed by atoms with Crippen LogP contribution < -0.4 is 0 Å². The fourth-order valence-electron chi connectivity index (χ4n) is 4.69. The molecule has 0 saturated heterocycles. The summed E-state index contributed by atoms with van der Waals surface area (Å²) in [5.74, 6) is 1.05. The first-order valence-electron chi connectivity index (χ1n) is 15.0. The first kappa shape index (κ1) is 33.4. The molecule has 0 rings (SSSR count). The van der Waals surface area contributed by atoms with Gasteiger partial charge in [-0.1, -0.05) is 105 Å². The molecule has 34 heavy (non-hydrogen) atoms. The molecule has 4 nitrogen and oxygen atoms in total. The van der Waals surface area contributed by atoms with Gasteiger partial charge in [0.1, 0.15) is 0 Å². The van der Waals surface area contributed by atoms with Crippen LogP contribution in [0.5, 0.6) is 0 Å². The molecule has 0 amide bonds. The highest BCUT2D eigenvalue weighted by Gasteiger charge is 2.18. The minimum absolute atomic E-state index is 0.113. The molecule has 0 radical (unpaired) electrons. The Morgan fingerprint density at radius 3 is 1.44 bits per heavy atom. The average molecular weight is 485 g/mol. The van der Waals surface area contributed by atoms with Gasteiger partial charge in [-0.05, 0) is 43.9 Å². The summed E-state index contributed by atoms with van der Waals surface area (Å²) in [6, 6.07) is 0. The lowest BCUT2D eigenvalue weighted by molar-refractivity contribution is -0.168. The predicted molar refractivity (Wildman–Crippen MR) is 145 cm³/mol. The molecule has 4 heteroatoms. The Morgan fingerprint density at radius 2 is 1.00 bits per heavy atom. The second-order valence-electron chi connectivity index (χ2n) is 10.2. The van der Waals surface area contributed by atoms with Crippen LogP contribution in [0.2, 0.25) is 0 Å². The molecule has 0 N–H and O–H groups in total. The van der Waals surface area contributed by atoms with Crippen LogP contribution in [-0.2, 0) is 19.0 Å². The summed E-state index contributed by atoms with van der Waals surface area (Å²) in [4.78, 5) is 12.3. The van der Waals surface area contributed by atoms with Crippen LogP contribution in [0, 0.1) is 11.8 Å². The summed E-state index contributed by atoms with van der Waals surface area (Å²) < 4.78 is 18.0. The van der Waals surface area contributed by atoms with Crippen molar-refractivity contribution in [2.45, 2.75) is 156 Å². The Labute approximate surface area is 213 Å². The smallest absolute Gasteiger partial charge is 0.305 e. The predicted octanol–water partition coefficient (Wildman–Crippen LogP) is 9.24. The third-order valence-corrected chi connectivity index (χ3v) is 6.67. The van der Waals surface area contributed by atoms with Gasteiger partial charge in [0, 0.05) is 6.42 Å². The van der Waals surface area contributed by atoms with E-state index >= 15 is 0 Å². The summed E-state index contributed by atoms with van der Waals surface area (Å²) in [7, 11) is 0. The molecule has 0 aliphatic carbocycles. The van der Waals surface area contributed by atoms with Gasteiger partial charge in [0.2, 0.25) is 0 Å². The van der Waals surface area contributed by atoms with Crippen LogP contribution in [0.15, 0.2) is 0 Å². The molecule has 0 atom stereocenters. The average Bonchev–Trinajstić information content (AvgIpc) is 2.82. The molecule has 204 valence electrons. The van der Waals surface area contributed by atoms with Crippen molar-refractivity contribution in [2.75, 3.05) is 19.8 Å². The molecule has 0 bridgehead atoms. The van der Waals surface area contributed by atoms with Crippen molar-refractivity contribution < 1.29 is 19.0 Å². The number of carbonyl (C=O) groups is 1. The minimum Gasteiger partial charge on any atom is -0.466 e. The van der Waals surface area contributed by atoms with Crippen LogP contribution in [0.25, 0.3) is 0 Å². The number of ether oxygens (including phenoxy) is 3. The van der Waals surface area contributed by atoms with E-state index in [0.29, 0.717) is 31.3 Å². The van der Waals surface area contributed by atoms with Crippen molar-refractivity contribution in [3.8, 4) is 0 Å². The molecule has 0 heterocycles. The lowest BCUT2D eigenvalue weighted by atomic mass is 9.99. The quantitative estimate of drug-likeness (QED) is 0.0697. The summed E-state index contributed by atoms with van der Waals surface area (Å²) in [6.45, 7) is 13.2. The van der Waals surface area contributed by atoms with Gasteiger partial charge in [-0.3, -0.25) is 4.79 Å². The van der Waals surface area contributed by atoms with Crippen LogP contribution in [0.3, 0.4) is 0 Å². The lowest BCUT2D eigenvalue weighted by Gasteiger charge is -2.24. The maximum atomic E-state index is 12.3. The third-order valence-electron chi connectivity index (χ3n) is 6.67. The molecule has 0 spiro atoms. The number of hydrogen-bond acceptors (Lipinski definition) is 4. The standard InChI is InChI=1S/C30H60O4/c1-6-11-12-13-14-15-16-17-24-32-29(31)22-23-30(33-25-27(18-7-2)19-8-3)34-26-28(20-9-4)21-10-5/h27-28,30H,6-26H2,1-5H3. The van der Waals surface area contributed by atoms with Gasteiger partial charge < -0.3 is 14.2 Å². The Hall–Kier alpha value is -0.610. The Kier molecular flexibility index (Phi) is 25.0. The van der Waals surface area contributed by atoms with Gasteiger partial charge in [-0.15, -0.1) is 0 Å². The molecule has 0 aromatic rings. The molecule has 0 fully saturated rings. The van der Waals surface area contributed by atoms with Crippen LogP contribution >= 0.6 is 0 Å². The van der Waals surface area contributed by atoms with Gasteiger partial charge >= 0.3 is 5.97 Å². The first-order chi connectivity index (χ1) is 16.6. The molecule has 0 aliphatic rings. The zero-order valence-corrected chi connectivity index (χ0v) is 23.7. The summed E-state index contributed by atoms with van der Waals surface area (Å²) in [6.07, 6.45) is 20.2. The highest BCUT2D eigenvalue weighted by atomic mass is 16.7. The highest BCUT2D eigenvalue weighted by Crippen LogP contribution is 2.19. The van der Waals surface area contributed by atoms with Crippen molar-refractivity contribution in [3.05, 3.63) is 0 Å². The molecule has 0 aromatic carbocycles. The maximum absolute atomic E-state index is 12.3. The Bertz CT molecular complexity index is 394. The van der Waals surface area contributed by atoms with E-state index in [4.69, 9.17) is 14.2 Å². The number of esters is 1. The summed E-state index contributed by atoms with van der Waals surface area (Å²) in [5, 5.41) is 0. The van der Waals surface area contributed by atoms with E-state index < -0.39 is 0 Å². The fourth-order valence-corrected chi connectivity index (χ4v) is 4.69. The largest absolute Gasteiger partial charge is 0.466 e. The van der Waals surface area contributed by atoms with E-state index in [1.54, 1.807) is 0 Å². The molecular weight excluding hydrogens is 424 g/mol. The lowest BCUT2D eigenvalue weighted by Crippen LogP contribution is -2.25. The normalized spacial score (nSPS) is 11.8. The maximum Gasteiger partial charge on any atom is 0.305 e. The van der Waals surface area contributed by atoms with E-state index in [9.17, 15) is 4.79 Å². The van der Waals surface area contributed by atoms with Crippen LogP contribution in [-0.4, -0.2) is 32.1 Å². The fraction of sp³-hybridized carbons (Fsp3) is 0.967. The van der Waals surface area contributed by atoms with Crippen molar-refractivity contribution in [1.29, 1.82) is 0 Å². The van der Waals surface area contributed by atoms with E-state index in [2.05, 4.69) is 34.6 Å². The number of carbonyl (C=O) groups excluding carboxylic acids is 1. The van der Waals surface area contributed by atoms with Gasteiger partial charge in [-0.25, -0.2) is 0 Å². The van der Waals surface area contributed by atoms with Crippen LogP contribution in [0.1, 0.15) is 150 Å². The summed E-state index contributed by atoms with van der Waals surface area (Å²) >= 11 is 0. The molecule has 0 saturated carbocycles. The zero-order valence-electron chi connectivity index (χ0n) is 23.7. The second kappa shape index (κ2) is 25.5. The van der Waals surface area contributed by atoms with Crippen molar-refractivity contribution in [2.24, 2.45) is 11.8 Å². The summed E-state index contributed by atoms with van der Waals surface area (Å²) in [5.41, 5.74) is 0. The van der Waals surface area contributed by atoms with Gasteiger partial charge in [0.25, 0.3) is 0 Å². The van der Waals surface area contributed by atoms with Crippen molar-refractivity contribution in [1.82, 2.24) is 0 Å². The number of hydrogen-bond donors (Lipinski definition) is 0. The van der Waals surface area contributed by atoms with Gasteiger partial charge in [0.15, 0.2) is 6.29 Å². The van der Waals surface area contributed by atoms with Gasteiger partial charge in [-0.2, -0.15) is 0 Å². The van der Waals surface area contributed by atoms with Crippen molar-refractivity contribution >= 4 is 5.97 Å². The van der Waals surface area contributed by atoms with E-state index in [-0.39, 0.29) is 12.3 Å². The molecular formula is C30H60O4.